The number of phenols is 1. The summed E-state index contributed by atoms with van der Waals surface area (Å²) in [6.07, 6.45) is 3.36. The molecular weight excluding hydrogens is 216 g/mol. The van der Waals surface area contributed by atoms with Gasteiger partial charge in [-0.3, -0.25) is 4.79 Å². The van der Waals surface area contributed by atoms with E-state index in [0.717, 1.165) is 0 Å². The number of benzene rings is 1. The highest BCUT2D eigenvalue weighted by Gasteiger charge is 1.97. The molecule has 0 aliphatic carbocycles. The number of aryl methyl sites for hydroxylation is 1. The zero-order valence-electron chi connectivity index (χ0n) is 9.38. The second-order valence-corrected chi connectivity index (χ2v) is 3.70. The first-order valence-corrected chi connectivity index (χ1v) is 5.23. The maximum absolute atomic E-state index is 11.2. The van der Waals surface area contributed by atoms with Crippen LogP contribution in [-0.4, -0.2) is 5.11 Å². The Morgan fingerprint density at radius 3 is 2.65 bits per heavy atom. The van der Waals surface area contributed by atoms with Gasteiger partial charge in [-0.15, -0.1) is 0 Å². The average molecular weight is 228 g/mol. The van der Waals surface area contributed by atoms with Gasteiger partial charge in [0.2, 0.25) is 0 Å². The Labute approximate surface area is 98.7 Å². The molecule has 1 aromatic carbocycles. The zero-order chi connectivity index (χ0) is 12.3. The minimum absolute atomic E-state index is 0.0920. The largest absolute Gasteiger partial charge is 0.507 e. The molecule has 86 valence electrons. The van der Waals surface area contributed by atoms with E-state index in [-0.39, 0.29) is 11.2 Å². The molecule has 3 nitrogen and oxygen atoms in total. The summed E-state index contributed by atoms with van der Waals surface area (Å²) in [5.74, 6) is 1.23. The summed E-state index contributed by atoms with van der Waals surface area (Å²) in [7, 11) is 0. The highest BCUT2D eigenvalue weighted by Crippen LogP contribution is 2.18. The topological polar surface area (TPSA) is 50.4 Å². The predicted octanol–water partition coefficient (Wildman–Crippen LogP) is 2.82. The van der Waals surface area contributed by atoms with Gasteiger partial charge in [0.25, 0.3) is 0 Å². The highest BCUT2D eigenvalue weighted by atomic mass is 16.3. The second kappa shape index (κ2) is 4.70. The Balaban J connectivity index is 2.32. The van der Waals surface area contributed by atoms with E-state index >= 15 is 0 Å². The molecule has 0 radical (unpaired) electrons. The first-order chi connectivity index (χ1) is 8.15. The Bertz CT molecular complexity index is 609. The standard InChI is InChI=1S/C14H12O3/c1-10-8-12(15)9-13(17-10)7-6-11-4-2-3-5-14(11)16/h2-9,16H,1H3/b7-6+. The predicted molar refractivity (Wildman–Crippen MR) is 66.7 cm³/mol. The van der Waals surface area contributed by atoms with Crippen LogP contribution in [0.25, 0.3) is 12.2 Å². The maximum atomic E-state index is 11.2. The Hall–Kier alpha value is -2.29. The molecule has 0 bridgehead atoms. The molecule has 1 N–H and O–H groups in total. The number of phenolic OH excluding ortho intramolecular Hbond substituents is 1. The van der Waals surface area contributed by atoms with E-state index in [0.29, 0.717) is 17.1 Å². The minimum Gasteiger partial charge on any atom is -0.507 e. The van der Waals surface area contributed by atoms with Crippen molar-refractivity contribution in [1.29, 1.82) is 0 Å². The van der Waals surface area contributed by atoms with Gasteiger partial charge in [-0.05, 0) is 25.1 Å². The fraction of sp³-hybridized carbons (Fsp3) is 0.0714. The summed E-state index contributed by atoms with van der Waals surface area (Å²) in [4.78, 5) is 11.2. The normalized spacial score (nSPS) is 10.9. The van der Waals surface area contributed by atoms with Crippen molar-refractivity contribution in [1.82, 2.24) is 0 Å². The maximum Gasteiger partial charge on any atom is 0.185 e. The van der Waals surface area contributed by atoms with Crippen LogP contribution in [0.4, 0.5) is 0 Å². The minimum atomic E-state index is -0.0920. The molecule has 0 spiro atoms. The van der Waals surface area contributed by atoms with E-state index in [4.69, 9.17) is 4.42 Å². The van der Waals surface area contributed by atoms with Gasteiger partial charge in [0, 0.05) is 17.7 Å². The SMILES string of the molecule is Cc1cc(=O)cc(/C=C/c2ccccc2O)o1. The molecule has 0 amide bonds. The molecule has 2 aromatic rings. The zero-order valence-corrected chi connectivity index (χ0v) is 9.38. The van der Waals surface area contributed by atoms with Crippen molar-refractivity contribution in [3.63, 3.8) is 0 Å². The number of aromatic hydroxyl groups is 1. The summed E-state index contributed by atoms with van der Waals surface area (Å²) in [6, 6.07) is 9.79. The molecule has 1 aromatic heterocycles. The third-order valence-electron chi connectivity index (χ3n) is 2.27. The Morgan fingerprint density at radius 2 is 1.94 bits per heavy atom. The van der Waals surface area contributed by atoms with Crippen LogP contribution in [0, 0.1) is 6.92 Å². The highest BCUT2D eigenvalue weighted by molar-refractivity contribution is 5.70. The number of para-hydroxylation sites is 1. The van der Waals surface area contributed by atoms with E-state index < -0.39 is 0 Å². The van der Waals surface area contributed by atoms with Crippen molar-refractivity contribution in [2.75, 3.05) is 0 Å². The lowest BCUT2D eigenvalue weighted by Gasteiger charge is -1.98. The third kappa shape index (κ3) is 2.84. The molecule has 0 saturated heterocycles. The van der Waals surface area contributed by atoms with Gasteiger partial charge in [-0.1, -0.05) is 18.2 Å². The van der Waals surface area contributed by atoms with E-state index in [1.165, 1.54) is 12.1 Å². The summed E-state index contributed by atoms with van der Waals surface area (Å²) >= 11 is 0. The second-order valence-electron chi connectivity index (χ2n) is 3.70. The van der Waals surface area contributed by atoms with Crippen molar-refractivity contribution in [2.45, 2.75) is 6.92 Å². The molecule has 0 aliphatic rings. The van der Waals surface area contributed by atoms with Crippen molar-refractivity contribution in [3.8, 4) is 5.75 Å². The molecule has 0 atom stereocenters. The average Bonchev–Trinajstić information content (AvgIpc) is 2.27. The van der Waals surface area contributed by atoms with Crippen molar-refractivity contribution in [2.24, 2.45) is 0 Å². The van der Waals surface area contributed by atoms with E-state index in [1.54, 1.807) is 37.3 Å². The van der Waals surface area contributed by atoms with Gasteiger partial charge in [-0.25, -0.2) is 0 Å². The summed E-state index contributed by atoms with van der Waals surface area (Å²) < 4.78 is 5.35. The van der Waals surface area contributed by atoms with Gasteiger partial charge in [-0.2, -0.15) is 0 Å². The first kappa shape index (κ1) is 11.2. The molecule has 2 rings (SSSR count). The first-order valence-electron chi connectivity index (χ1n) is 5.23. The van der Waals surface area contributed by atoms with Crippen molar-refractivity contribution >= 4 is 12.2 Å². The molecule has 0 saturated carbocycles. The lowest BCUT2D eigenvalue weighted by Crippen LogP contribution is -1.97. The fourth-order valence-corrected chi connectivity index (χ4v) is 1.51. The van der Waals surface area contributed by atoms with Crippen LogP contribution in [0.5, 0.6) is 5.75 Å². The Kier molecular flexibility index (Phi) is 3.10. The van der Waals surface area contributed by atoms with E-state index in [2.05, 4.69) is 0 Å². The van der Waals surface area contributed by atoms with Gasteiger partial charge in [0.1, 0.15) is 17.3 Å². The molecule has 0 unspecified atom stereocenters. The lowest BCUT2D eigenvalue weighted by atomic mass is 10.2. The Morgan fingerprint density at radius 1 is 1.18 bits per heavy atom. The van der Waals surface area contributed by atoms with Gasteiger partial charge < -0.3 is 9.52 Å². The smallest absolute Gasteiger partial charge is 0.185 e. The summed E-state index contributed by atoms with van der Waals surface area (Å²) in [5, 5.41) is 9.55. The molecule has 1 heterocycles. The van der Waals surface area contributed by atoms with Crippen LogP contribution >= 0.6 is 0 Å². The molecule has 17 heavy (non-hydrogen) atoms. The summed E-state index contributed by atoms with van der Waals surface area (Å²) in [5.41, 5.74) is 0.585. The van der Waals surface area contributed by atoms with Crippen LogP contribution < -0.4 is 5.43 Å². The number of hydrogen-bond acceptors (Lipinski definition) is 3. The van der Waals surface area contributed by atoms with Gasteiger partial charge >= 0.3 is 0 Å². The number of rotatable bonds is 2. The van der Waals surface area contributed by atoms with E-state index in [9.17, 15) is 9.90 Å². The van der Waals surface area contributed by atoms with Crippen LogP contribution in [0.1, 0.15) is 17.1 Å². The molecular formula is C14H12O3. The monoisotopic (exact) mass is 228 g/mol. The van der Waals surface area contributed by atoms with Crippen molar-refractivity contribution < 1.29 is 9.52 Å². The summed E-state index contributed by atoms with van der Waals surface area (Å²) in [6.45, 7) is 1.72. The molecule has 0 fully saturated rings. The van der Waals surface area contributed by atoms with Gasteiger partial charge in [0.15, 0.2) is 5.43 Å². The van der Waals surface area contributed by atoms with E-state index in [1.807, 2.05) is 6.07 Å². The van der Waals surface area contributed by atoms with Gasteiger partial charge in [0.05, 0.1) is 0 Å². The van der Waals surface area contributed by atoms with Crippen LogP contribution in [0.15, 0.2) is 45.6 Å². The lowest BCUT2D eigenvalue weighted by molar-refractivity contribution is 0.474. The third-order valence-corrected chi connectivity index (χ3v) is 2.27. The fourth-order valence-electron chi connectivity index (χ4n) is 1.51. The van der Waals surface area contributed by atoms with Crippen LogP contribution in [0.3, 0.4) is 0 Å². The van der Waals surface area contributed by atoms with Crippen LogP contribution in [-0.2, 0) is 0 Å². The van der Waals surface area contributed by atoms with Crippen LogP contribution in [0.2, 0.25) is 0 Å². The molecule has 3 heteroatoms. The number of hydrogen-bond donors (Lipinski definition) is 1. The quantitative estimate of drug-likeness (QED) is 0.859. The molecule has 0 aliphatic heterocycles. The van der Waals surface area contributed by atoms with Crippen molar-refractivity contribution in [3.05, 3.63) is 63.7 Å².